The van der Waals surface area contributed by atoms with Gasteiger partial charge in [0.25, 0.3) is 0 Å². The predicted octanol–water partition coefficient (Wildman–Crippen LogP) is 3.32. The van der Waals surface area contributed by atoms with E-state index < -0.39 is 0 Å². The number of nitrogens with zero attached hydrogens (tertiary/aromatic N) is 4. The Hall–Kier alpha value is -2.54. The molecular formula is C23H31FN4O2. The molecule has 0 N–H and O–H groups in total. The largest absolute Gasteiger partial charge is 0.375 e. The van der Waals surface area contributed by atoms with Crippen molar-refractivity contribution in [2.24, 2.45) is 0 Å². The maximum atomic E-state index is 14.3. The summed E-state index contributed by atoms with van der Waals surface area (Å²) in [6.07, 6.45) is 1.39. The number of aromatic nitrogens is 2. The number of amides is 1. The Kier molecular flexibility index (Phi) is 7.37. The summed E-state index contributed by atoms with van der Waals surface area (Å²) in [6.45, 7) is 8.90. The van der Waals surface area contributed by atoms with E-state index in [1.54, 1.807) is 6.07 Å². The fraction of sp³-hybridized carbons (Fsp3) is 0.522. The highest BCUT2D eigenvalue weighted by Crippen LogP contribution is 2.28. The molecule has 1 aromatic heterocycles. The van der Waals surface area contributed by atoms with Crippen molar-refractivity contribution < 1.29 is 13.9 Å². The normalized spacial score (nSPS) is 15.4. The molecule has 3 rings (SSSR count). The molecule has 2 aromatic rings. The van der Waals surface area contributed by atoms with Crippen LogP contribution in [0.2, 0.25) is 0 Å². The van der Waals surface area contributed by atoms with E-state index >= 15 is 0 Å². The van der Waals surface area contributed by atoms with Crippen LogP contribution in [-0.4, -0.2) is 60.7 Å². The van der Waals surface area contributed by atoms with Crippen molar-refractivity contribution in [2.75, 3.05) is 44.8 Å². The second-order valence-corrected chi connectivity index (χ2v) is 7.85. The van der Waals surface area contributed by atoms with Gasteiger partial charge in [-0.1, -0.05) is 32.0 Å². The van der Waals surface area contributed by atoms with Gasteiger partial charge in [0.15, 0.2) is 0 Å². The Labute approximate surface area is 178 Å². The summed E-state index contributed by atoms with van der Waals surface area (Å²) in [5.41, 5.74) is 2.47. The third-order valence-electron chi connectivity index (χ3n) is 5.79. The fourth-order valence-electron chi connectivity index (χ4n) is 3.69. The third kappa shape index (κ3) is 4.95. The Morgan fingerprint density at radius 2 is 1.90 bits per heavy atom. The monoisotopic (exact) mass is 414 g/mol. The Balaban J connectivity index is 1.92. The van der Waals surface area contributed by atoms with Crippen LogP contribution in [0.15, 0.2) is 24.3 Å². The zero-order valence-electron chi connectivity index (χ0n) is 18.3. The number of anilines is 1. The van der Waals surface area contributed by atoms with E-state index in [0.29, 0.717) is 38.2 Å². The maximum absolute atomic E-state index is 14.3. The van der Waals surface area contributed by atoms with Gasteiger partial charge in [-0.3, -0.25) is 4.79 Å². The van der Waals surface area contributed by atoms with Crippen LogP contribution in [0.4, 0.5) is 10.2 Å². The highest BCUT2D eigenvalue weighted by molar-refractivity contribution is 5.77. The van der Waals surface area contributed by atoms with Crippen molar-refractivity contribution in [3.63, 3.8) is 0 Å². The molecule has 1 amide bonds. The summed E-state index contributed by atoms with van der Waals surface area (Å²) < 4.78 is 19.3. The van der Waals surface area contributed by atoms with Gasteiger partial charge in [0.2, 0.25) is 5.91 Å². The Bertz CT molecular complexity index is 882. The quantitative estimate of drug-likeness (QED) is 0.696. The summed E-state index contributed by atoms with van der Waals surface area (Å²) in [4.78, 5) is 25.8. The highest BCUT2D eigenvalue weighted by Gasteiger charge is 2.26. The average molecular weight is 415 g/mol. The molecule has 1 saturated heterocycles. The summed E-state index contributed by atoms with van der Waals surface area (Å²) in [6, 6.07) is 6.84. The third-order valence-corrected chi connectivity index (χ3v) is 5.79. The van der Waals surface area contributed by atoms with E-state index in [-0.39, 0.29) is 24.2 Å². The Morgan fingerprint density at radius 1 is 1.20 bits per heavy atom. The number of benzene rings is 1. The van der Waals surface area contributed by atoms with Crippen LogP contribution in [-0.2, 0) is 16.0 Å². The minimum absolute atomic E-state index is 0.00268. The molecule has 1 aliphatic rings. The number of rotatable bonds is 7. The number of hydrogen-bond acceptors (Lipinski definition) is 5. The molecule has 0 unspecified atom stereocenters. The summed E-state index contributed by atoms with van der Waals surface area (Å²) in [7, 11) is 1.53. The lowest BCUT2D eigenvalue weighted by Gasteiger charge is -2.36. The molecule has 162 valence electrons. The zero-order chi connectivity index (χ0) is 21.7. The lowest BCUT2D eigenvalue weighted by atomic mass is 10.0. The molecule has 7 heteroatoms. The minimum Gasteiger partial charge on any atom is -0.375 e. The maximum Gasteiger partial charge on any atom is 0.248 e. The van der Waals surface area contributed by atoms with E-state index in [1.807, 2.05) is 24.0 Å². The lowest BCUT2D eigenvalue weighted by molar-refractivity contribution is -0.135. The van der Waals surface area contributed by atoms with Gasteiger partial charge in [0.1, 0.15) is 24.1 Å². The second-order valence-electron chi connectivity index (χ2n) is 7.85. The van der Waals surface area contributed by atoms with Gasteiger partial charge in [-0.05, 0) is 25.0 Å². The van der Waals surface area contributed by atoms with Crippen LogP contribution in [0.1, 0.15) is 48.8 Å². The minimum atomic E-state index is -0.219. The average Bonchev–Trinajstić information content (AvgIpc) is 2.76. The van der Waals surface area contributed by atoms with E-state index in [1.165, 1.54) is 13.2 Å². The first kappa shape index (κ1) is 22.2. The first-order valence-corrected chi connectivity index (χ1v) is 10.6. The first-order chi connectivity index (χ1) is 14.4. The molecule has 0 saturated carbocycles. The van der Waals surface area contributed by atoms with Gasteiger partial charge in [0, 0.05) is 56.9 Å². The topological polar surface area (TPSA) is 58.6 Å². The number of methoxy groups -OCH3 is 1. The van der Waals surface area contributed by atoms with E-state index in [0.717, 1.165) is 29.3 Å². The van der Waals surface area contributed by atoms with Crippen LogP contribution in [0, 0.1) is 12.7 Å². The standard InChI is InChI=1S/C23H31FN4O2/c1-5-16(2)22-25-17(3)19(14-18-8-6-7-9-20(18)24)23(26-22)28-12-10-27(11-13-28)21(29)15-30-4/h6-9,16H,5,10-15H2,1-4H3/t16-/m1/s1. The number of hydrogen-bond donors (Lipinski definition) is 0. The zero-order valence-corrected chi connectivity index (χ0v) is 18.3. The summed E-state index contributed by atoms with van der Waals surface area (Å²) >= 11 is 0. The smallest absolute Gasteiger partial charge is 0.248 e. The van der Waals surface area contributed by atoms with Crippen LogP contribution >= 0.6 is 0 Å². The van der Waals surface area contributed by atoms with Gasteiger partial charge in [-0.15, -0.1) is 0 Å². The molecule has 2 heterocycles. The van der Waals surface area contributed by atoms with E-state index in [2.05, 4.69) is 18.7 Å². The Morgan fingerprint density at radius 3 is 2.53 bits per heavy atom. The molecule has 30 heavy (non-hydrogen) atoms. The van der Waals surface area contributed by atoms with Crippen molar-refractivity contribution >= 4 is 11.7 Å². The molecular weight excluding hydrogens is 383 g/mol. The van der Waals surface area contributed by atoms with E-state index in [9.17, 15) is 9.18 Å². The van der Waals surface area contributed by atoms with Gasteiger partial charge in [-0.25, -0.2) is 14.4 Å². The first-order valence-electron chi connectivity index (χ1n) is 10.6. The second kappa shape index (κ2) is 9.98. The molecule has 0 aliphatic carbocycles. The van der Waals surface area contributed by atoms with Gasteiger partial charge in [-0.2, -0.15) is 0 Å². The van der Waals surface area contributed by atoms with Crippen molar-refractivity contribution in [2.45, 2.75) is 39.5 Å². The van der Waals surface area contributed by atoms with E-state index in [4.69, 9.17) is 14.7 Å². The van der Waals surface area contributed by atoms with Crippen molar-refractivity contribution in [3.05, 3.63) is 52.7 Å². The van der Waals surface area contributed by atoms with Crippen LogP contribution in [0.5, 0.6) is 0 Å². The molecule has 1 atom stereocenters. The van der Waals surface area contributed by atoms with Crippen LogP contribution < -0.4 is 4.90 Å². The van der Waals surface area contributed by atoms with Crippen LogP contribution in [0.25, 0.3) is 0 Å². The summed E-state index contributed by atoms with van der Waals surface area (Å²) in [5, 5.41) is 0. The molecule has 1 aliphatic heterocycles. The number of carbonyl (C=O) groups excluding carboxylic acids is 1. The van der Waals surface area contributed by atoms with Crippen molar-refractivity contribution in [1.82, 2.24) is 14.9 Å². The summed E-state index contributed by atoms with van der Waals surface area (Å²) in [5.74, 6) is 1.71. The van der Waals surface area contributed by atoms with Gasteiger partial charge < -0.3 is 14.5 Å². The number of ether oxygens (including phenoxy) is 1. The highest BCUT2D eigenvalue weighted by atomic mass is 19.1. The fourth-order valence-corrected chi connectivity index (χ4v) is 3.69. The molecule has 6 nitrogen and oxygen atoms in total. The van der Waals surface area contributed by atoms with Gasteiger partial charge >= 0.3 is 0 Å². The molecule has 0 radical (unpaired) electrons. The lowest BCUT2D eigenvalue weighted by Crippen LogP contribution is -2.50. The van der Waals surface area contributed by atoms with Crippen LogP contribution in [0.3, 0.4) is 0 Å². The number of carbonyl (C=O) groups is 1. The van der Waals surface area contributed by atoms with Gasteiger partial charge in [0.05, 0.1) is 0 Å². The SMILES string of the molecule is CC[C@@H](C)c1nc(C)c(Cc2ccccc2F)c(N2CCN(C(=O)COC)CC2)n1. The molecule has 0 bridgehead atoms. The number of aryl methyl sites for hydroxylation is 1. The van der Waals surface area contributed by atoms with Crippen molar-refractivity contribution in [3.8, 4) is 0 Å². The molecule has 1 fully saturated rings. The number of piperazine rings is 1. The van der Waals surface area contributed by atoms with Crippen molar-refractivity contribution in [1.29, 1.82) is 0 Å². The number of halogens is 1. The predicted molar refractivity (Wildman–Crippen MR) is 115 cm³/mol. The molecule has 0 spiro atoms. The molecule has 1 aromatic carbocycles.